The molecule has 3 rings (SSSR count). The molecule has 1 aliphatic rings. The topological polar surface area (TPSA) is 39.1 Å². The minimum atomic E-state index is 0.471. The number of aryl methyl sites for hydroxylation is 1. The smallest absolute Gasteiger partial charge is 0.123 e. The molecule has 0 aliphatic carbocycles. The zero-order chi connectivity index (χ0) is 12.4. The van der Waals surface area contributed by atoms with Crippen LogP contribution in [0.25, 0.3) is 11.0 Å². The number of rotatable bonds is 3. The van der Waals surface area contributed by atoms with E-state index >= 15 is 0 Å². The van der Waals surface area contributed by atoms with E-state index in [1.54, 1.807) is 0 Å². The minimum absolute atomic E-state index is 0.471. The molecule has 0 amide bonds. The molecule has 1 saturated heterocycles. The summed E-state index contributed by atoms with van der Waals surface area (Å²) in [5.41, 5.74) is 2.26. The fraction of sp³-hybridized carbons (Fsp3) is 0.500. The molecule has 0 unspecified atom stereocenters. The Kier molecular flexibility index (Phi) is 3.30. The number of fused-ring (bicyclic) bond motifs is 1. The van der Waals surface area contributed by atoms with Crippen LogP contribution < -0.4 is 5.32 Å². The van der Waals surface area contributed by atoms with Crippen molar-refractivity contribution in [1.29, 1.82) is 0 Å². The van der Waals surface area contributed by atoms with Crippen LogP contribution in [0.4, 0.5) is 0 Å². The summed E-state index contributed by atoms with van der Waals surface area (Å²) in [4.78, 5) is 4.66. The Bertz CT molecular complexity index is 529. The lowest BCUT2D eigenvalue weighted by molar-refractivity contribution is 0.0696. The van der Waals surface area contributed by atoms with E-state index in [9.17, 15) is 0 Å². The van der Waals surface area contributed by atoms with Crippen LogP contribution >= 0.6 is 0 Å². The van der Waals surface area contributed by atoms with Crippen molar-refractivity contribution in [2.75, 3.05) is 13.2 Å². The van der Waals surface area contributed by atoms with Gasteiger partial charge in [0.05, 0.1) is 24.2 Å². The molecule has 1 aliphatic heterocycles. The first kappa shape index (κ1) is 11.7. The van der Waals surface area contributed by atoms with Crippen molar-refractivity contribution in [3.05, 3.63) is 30.1 Å². The van der Waals surface area contributed by atoms with Gasteiger partial charge < -0.3 is 14.6 Å². The number of nitrogens with zero attached hydrogens (tertiary/aromatic N) is 2. The standard InChI is InChI=1S/C14H19N3O/c1-17-13-7-3-2-6-12(13)16-14(17)9-15-11-5-4-8-18-10-11/h2-3,6-7,11,15H,4-5,8-10H2,1H3/t11-/m1/s1. The lowest BCUT2D eigenvalue weighted by atomic mass is 10.1. The molecule has 18 heavy (non-hydrogen) atoms. The predicted octanol–water partition coefficient (Wildman–Crippen LogP) is 1.84. The van der Waals surface area contributed by atoms with Crippen LogP contribution in [-0.4, -0.2) is 28.8 Å². The Morgan fingerprint density at radius 1 is 1.44 bits per heavy atom. The molecule has 0 spiro atoms. The summed E-state index contributed by atoms with van der Waals surface area (Å²) in [5, 5.41) is 3.53. The fourth-order valence-electron chi connectivity index (χ4n) is 2.49. The van der Waals surface area contributed by atoms with Crippen LogP contribution in [0.5, 0.6) is 0 Å². The third-order valence-electron chi connectivity index (χ3n) is 3.59. The average Bonchev–Trinajstić information content (AvgIpc) is 2.75. The van der Waals surface area contributed by atoms with Crippen LogP contribution in [0.2, 0.25) is 0 Å². The first-order valence-corrected chi connectivity index (χ1v) is 6.56. The average molecular weight is 245 g/mol. The van der Waals surface area contributed by atoms with Gasteiger partial charge in [0.1, 0.15) is 5.82 Å². The maximum Gasteiger partial charge on any atom is 0.123 e. The maximum atomic E-state index is 5.47. The molecule has 1 fully saturated rings. The molecule has 0 saturated carbocycles. The third-order valence-corrected chi connectivity index (χ3v) is 3.59. The molecule has 1 atom stereocenters. The summed E-state index contributed by atoms with van der Waals surface area (Å²) >= 11 is 0. The molecule has 4 nitrogen and oxygen atoms in total. The Morgan fingerprint density at radius 3 is 3.11 bits per heavy atom. The van der Waals surface area contributed by atoms with E-state index in [-0.39, 0.29) is 0 Å². The molecule has 1 N–H and O–H groups in total. The SMILES string of the molecule is Cn1c(CN[C@@H]2CCCOC2)nc2ccccc21. The molecule has 2 heterocycles. The van der Waals surface area contributed by atoms with Crippen LogP contribution in [0.1, 0.15) is 18.7 Å². The lowest BCUT2D eigenvalue weighted by Gasteiger charge is -2.23. The predicted molar refractivity (Wildman–Crippen MR) is 71.4 cm³/mol. The zero-order valence-corrected chi connectivity index (χ0v) is 10.7. The van der Waals surface area contributed by atoms with E-state index in [2.05, 4.69) is 40.1 Å². The maximum absolute atomic E-state index is 5.47. The zero-order valence-electron chi connectivity index (χ0n) is 10.7. The van der Waals surface area contributed by atoms with Gasteiger partial charge >= 0.3 is 0 Å². The fourth-order valence-corrected chi connectivity index (χ4v) is 2.49. The monoisotopic (exact) mass is 245 g/mol. The molecular weight excluding hydrogens is 226 g/mol. The van der Waals surface area contributed by atoms with Gasteiger partial charge in [0, 0.05) is 19.7 Å². The highest BCUT2D eigenvalue weighted by Crippen LogP contribution is 2.14. The highest BCUT2D eigenvalue weighted by atomic mass is 16.5. The minimum Gasteiger partial charge on any atom is -0.380 e. The van der Waals surface area contributed by atoms with E-state index in [1.807, 2.05) is 6.07 Å². The number of ether oxygens (including phenoxy) is 1. The van der Waals surface area contributed by atoms with Gasteiger partial charge in [-0.05, 0) is 25.0 Å². The van der Waals surface area contributed by atoms with Gasteiger partial charge in [-0.2, -0.15) is 0 Å². The van der Waals surface area contributed by atoms with Crippen molar-refractivity contribution in [3.8, 4) is 0 Å². The Labute approximate surface area is 107 Å². The largest absolute Gasteiger partial charge is 0.380 e. The molecule has 1 aromatic heterocycles. The molecule has 96 valence electrons. The van der Waals surface area contributed by atoms with Gasteiger partial charge in [0.15, 0.2) is 0 Å². The van der Waals surface area contributed by atoms with Crippen molar-refractivity contribution in [1.82, 2.24) is 14.9 Å². The van der Waals surface area contributed by atoms with Gasteiger partial charge in [-0.25, -0.2) is 4.98 Å². The van der Waals surface area contributed by atoms with Crippen molar-refractivity contribution in [3.63, 3.8) is 0 Å². The number of hydrogen-bond donors (Lipinski definition) is 1. The van der Waals surface area contributed by atoms with E-state index < -0.39 is 0 Å². The summed E-state index contributed by atoms with van der Waals surface area (Å²) in [5.74, 6) is 1.08. The van der Waals surface area contributed by atoms with Gasteiger partial charge in [-0.15, -0.1) is 0 Å². The Morgan fingerprint density at radius 2 is 2.33 bits per heavy atom. The van der Waals surface area contributed by atoms with Crippen molar-refractivity contribution in [2.45, 2.75) is 25.4 Å². The van der Waals surface area contributed by atoms with Gasteiger partial charge in [-0.1, -0.05) is 12.1 Å². The Hall–Kier alpha value is -1.39. The quantitative estimate of drug-likeness (QED) is 0.897. The van der Waals surface area contributed by atoms with E-state index in [4.69, 9.17) is 4.74 Å². The van der Waals surface area contributed by atoms with Crippen LogP contribution in [0.3, 0.4) is 0 Å². The summed E-state index contributed by atoms with van der Waals surface area (Å²) in [6.45, 7) is 2.54. The van der Waals surface area contributed by atoms with Crippen LogP contribution in [-0.2, 0) is 18.3 Å². The number of hydrogen-bond acceptors (Lipinski definition) is 3. The van der Waals surface area contributed by atoms with E-state index in [0.717, 1.165) is 37.5 Å². The Balaban J connectivity index is 1.72. The van der Waals surface area contributed by atoms with Crippen molar-refractivity contribution < 1.29 is 4.74 Å². The van der Waals surface area contributed by atoms with Gasteiger partial charge in [0.2, 0.25) is 0 Å². The molecule has 1 aromatic carbocycles. The summed E-state index contributed by atoms with van der Waals surface area (Å²) in [7, 11) is 2.07. The molecular formula is C14H19N3O. The van der Waals surface area contributed by atoms with E-state index in [1.165, 1.54) is 11.9 Å². The number of nitrogens with one attached hydrogen (secondary N) is 1. The number of aromatic nitrogens is 2. The third kappa shape index (κ3) is 2.26. The highest BCUT2D eigenvalue weighted by molar-refractivity contribution is 5.75. The summed E-state index contributed by atoms with van der Waals surface area (Å²) in [6, 6.07) is 8.72. The molecule has 4 heteroatoms. The summed E-state index contributed by atoms with van der Waals surface area (Å²) in [6.07, 6.45) is 2.35. The highest BCUT2D eigenvalue weighted by Gasteiger charge is 2.14. The first-order chi connectivity index (χ1) is 8.84. The second-order valence-corrected chi connectivity index (χ2v) is 4.87. The molecule has 0 radical (unpaired) electrons. The second kappa shape index (κ2) is 5.08. The summed E-state index contributed by atoms with van der Waals surface area (Å²) < 4.78 is 7.63. The van der Waals surface area contributed by atoms with Gasteiger partial charge in [-0.3, -0.25) is 0 Å². The lowest BCUT2D eigenvalue weighted by Crippen LogP contribution is -2.36. The van der Waals surface area contributed by atoms with Crippen LogP contribution in [0.15, 0.2) is 24.3 Å². The van der Waals surface area contributed by atoms with Gasteiger partial charge in [0.25, 0.3) is 0 Å². The van der Waals surface area contributed by atoms with E-state index in [0.29, 0.717) is 6.04 Å². The molecule has 0 bridgehead atoms. The van der Waals surface area contributed by atoms with Crippen molar-refractivity contribution in [2.24, 2.45) is 7.05 Å². The number of benzene rings is 1. The van der Waals surface area contributed by atoms with Crippen molar-refractivity contribution >= 4 is 11.0 Å². The first-order valence-electron chi connectivity index (χ1n) is 6.56. The van der Waals surface area contributed by atoms with Crippen LogP contribution in [0, 0.1) is 0 Å². The second-order valence-electron chi connectivity index (χ2n) is 4.87. The molecule has 2 aromatic rings. The number of para-hydroxylation sites is 2. The number of imidazole rings is 1. The normalized spacial score (nSPS) is 20.4.